The number of benzene rings is 1. The number of hydrogen-bond acceptors (Lipinski definition) is 4. The summed E-state index contributed by atoms with van der Waals surface area (Å²) < 4.78 is 10.8. The van der Waals surface area contributed by atoms with Crippen molar-refractivity contribution in [3.8, 4) is 5.75 Å². The van der Waals surface area contributed by atoms with Crippen molar-refractivity contribution in [3.05, 3.63) is 29.3 Å². The second-order valence-electron chi connectivity index (χ2n) is 7.05. The molecule has 0 radical (unpaired) electrons. The second-order valence-corrected chi connectivity index (χ2v) is 7.05. The van der Waals surface area contributed by atoms with Crippen molar-refractivity contribution in [2.75, 3.05) is 47.0 Å². The van der Waals surface area contributed by atoms with E-state index >= 15 is 0 Å². The number of hydrogen-bond donors (Lipinski definition) is 2. The zero-order valence-electron chi connectivity index (χ0n) is 16.6. The van der Waals surface area contributed by atoms with E-state index in [1.807, 2.05) is 12.1 Å². The van der Waals surface area contributed by atoms with Gasteiger partial charge in [-0.25, -0.2) is 0 Å². The summed E-state index contributed by atoms with van der Waals surface area (Å²) in [6.45, 7) is 11.7. The molecule has 0 unspecified atom stereocenters. The van der Waals surface area contributed by atoms with Crippen LogP contribution in [0.5, 0.6) is 5.75 Å². The number of aryl methyl sites for hydroxylation is 1. The number of aliphatic imine (C=N–C) groups is 1. The summed E-state index contributed by atoms with van der Waals surface area (Å²) in [5, 5.41) is 6.83. The van der Waals surface area contributed by atoms with Crippen LogP contribution in [0.2, 0.25) is 0 Å². The Morgan fingerprint density at radius 3 is 2.54 bits per heavy atom. The van der Waals surface area contributed by atoms with Gasteiger partial charge in [0.25, 0.3) is 0 Å². The van der Waals surface area contributed by atoms with Crippen molar-refractivity contribution >= 4 is 29.9 Å². The Balaban J connectivity index is 0.00000338. The Hall–Kier alpha value is -1.06. The van der Waals surface area contributed by atoms with Crippen LogP contribution in [0.1, 0.15) is 25.0 Å². The molecule has 0 spiro atoms. The molecule has 1 aromatic carbocycles. The molecule has 1 aliphatic rings. The summed E-state index contributed by atoms with van der Waals surface area (Å²) in [5.74, 6) is 1.69. The van der Waals surface area contributed by atoms with Gasteiger partial charge in [0.2, 0.25) is 0 Å². The van der Waals surface area contributed by atoms with Gasteiger partial charge in [0, 0.05) is 38.8 Å². The molecule has 0 atom stereocenters. The van der Waals surface area contributed by atoms with Crippen LogP contribution >= 0.6 is 24.0 Å². The summed E-state index contributed by atoms with van der Waals surface area (Å²) in [5.41, 5.74) is 2.41. The first-order valence-corrected chi connectivity index (χ1v) is 8.86. The summed E-state index contributed by atoms with van der Waals surface area (Å²) in [6.07, 6.45) is 0. The summed E-state index contributed by atoms with van der Waals surface area (Å²) in [6, 6.07) is 6.23. The molecule has 0 amide bonds. The number of guanidine groups is 1. The van der Waals surface area contributed by atoms with E-state index in [9.17, 15) is 0 Å². The van der Waals surface area contributed by atoms with Gasteiger partial charge in [-0.05, 0) is 44.0 Å². The fourth-order valence-corrected chi connectivity index (χ4v) is 3.03. The summed E-state index contributed by atoms with van der Waals surface area (Å²) in [4.78, 5) is 6.80. The summed E-state index contributed by atoms with van der Waals surface area (Å²) >= 11 is 0. The predicted molar refractivity (Wildman–Crippen MR) is 118 cm³/mol. The van der Waals surface area contributed by atoms with Crippen molar-refractivity contribution in [2.24, 2.45) is 4.99 Å². The van der Waals surface area contributed by atoms with E-state index < -0.39 is 0 Å². The number of halogens is 1. The Kier molecular flexibility index (Phi) is 9.67. The van der Waals surface area contributed by atoms with Gasteiger partial charge in [0.1, 0.15) is 5.75 Å². The molecule has 26 heavy (non-hydrogen) atoms. The Bertz CT molecular complexity index is 587. The fourth-order valence-electron chi connectivity index (χ4n) is 3.03. The second kappa shape index (κ2) is 10.9. The van der Waals surface area contributed by atoms with Gasteiger partial charge < -0.3 is 20.1 Å². The number of rotatable bonds is 6. The molecule has 148 valence electrons. The molecule has 6 nitrogen and oxygen atoms in total. The zero-order chi connectivity index (χ0) is 18.3. The lowest BCUT2D eigenvalue weighted by atomic mass is 10.0. The van der Waals surface area contributed by atoms with Gasteiger partial charge in [0.05, 0.1) is 20.3 Å². The first-order valence-electron chi connectivity index (χ1n) is 8.86. The van der Waals surface area contributed by atoms with E-state index in [2.05, 4.69) is 47.4 Å². The molecule has 0 aliphatic carbocycles. The van der Waals surface area contributed by atoms with E-state index in [1.54, 1.807) is 14.2 Å². The molecule has 2 rings (SSSR count). The number of ether oxygens (including phenoxy) is 2. The fraction of sp³-hybridized carbons (Fsp3) is 0.632. The van der Waals surface area contributed by atoms with Crippen molar-refractivity contribution in [3.63, 3.8) is 0 Å². The zero-order valence-corrected chi connectivity index (χ0v) is 18.9. The van der Waals surface area contributed by atoms with Gasteiger partial charge in [-0.3, -0.25) is 9.89 Å². The molecule has 0 saturated carbocycles. The van der Waals surface area contributed by atoms with Crippen molar-refractivity contribution in [1.82, 2.24) is 15.5 Å². The predicted octanol–water partition coefficient (Wildman–Crippen LogP) is 2.40. The minimum absolute atomic E-state index is 0. The normalized spacial score (nSPS) is 16.0. The number of morpholine rings is 1. The molecule has 1 heterocycles. The molecule has 1 aliphatic heterocycles. The average Bonchev–Trinajstić information content (AvgIpc) is 2.62. The highest BCUT2D eigenvalue weighted by Gasteiger charge is 2.28. The smallest absolute Gasteiger partial charge is 0.191 e. The third-order valence-electron chi connectivity index (χ3n) is 4.59. The van der Waals surface area contributed by atoms with E-state index in [1.165, 1.54) is 11.1 Å². The van der Waals surface area contributed by atoms with Crippen LogP contribution in [0.3, 0.4) is 0 Å². The van der Waals surface area contributed by atoms with Crippen LogP contribution in [-0.2, 0) is 11.3 Å². The van der Waals surface area contributed by atoms with Gasteiger partial charge in [-0.2, -0.15) is 0 Å². The lowest BCUT2D eigenvalue weighted by Gasteiger charge is -2.41. The first-order chi connectivity index (χ1) is 11.9. The van der Waals surface area contributed by atoms with Crippen LogP contribution in [0.25, 0.3) is 0 Å². The SMILES string of the molecule is CN=C(NCc1cc(C)cc(OC)c1)NCC(C)(C)N1CCOCC1.I. The molecule has 1 fully saturated rings. The van der Waals surface area contributed by atoms with E-state index in [-0.39, 0.29) is 29.5 Å². The van der Waals surface area contributed by atoms with Crippen molar-refractivity contribution < 1.29 is 9.47 Å². The molecule has 1 saturated heterocycles. The van der Waals surface area contributed by atoms with Gasteiger partial charge >= 0.3 is 0 Å². The van der Waals surface area contributed by atoms with Crippen LogP contribution < -0.4 is 15.4 Å². The molecule has 0 bridgehead atoms. The third kappa shape index (κ3) is 6.92. The lowest BCUT2D eigenvalue weighted by Crippen LogP contribution is -2.56. The lowest BCUT2D eigenvalue weighted by molar-refractivity contribution is -0.00834. The molecule has 2 N–H and O–H groups in total. The average molecular weight is 476 g/mol. The molecule has 7 heteroatoms. The van der Waals surface area contributed by atoms with Crippen molar-refractivity contribution in [1.29, 1.82) is 0 Å². The maximum absolute atomic E-state index is 5.45. The largest absolute Gasteiger partial charge is 0.497 e. The highest BCUT2D eigenvalue weighted by molar-refractivity contribution is 14.0. The monoisotopic (exact) mass is 476 g/mol. The standard InChI is InChI=1S/C19H32N4O2.HI/c1-15-10-16(12-17(11-15)24-5)13-21-18(20-4)22-14-19(2,3)23-6-8-25-9-7-23;/h10-12H,6-9,13-14H2,1-5H3,(H2,20,21,22);1H. The molecule has 1 aromatic rings. The van der Waals surface area contributed by atoms with E-state index in [0.717, 1.165) is 44.6 Å². The van der Waals surface area contributed by atoms with Crippen LogP contribution in [0.15, 0.2) is 23.2 Å². The van der Waals surface area contributed by atoms with Gasteiger partial charge in [0.15, 0.2) is 5.96 Å². The molecule has 0 aromatic heterocycles. The first kappa shape index (κ1) is 23.0. The minimum Gasteiger partial charge on any atom is -0.497 e. The van der Waals surface area contributed by atoms with E-state index in [4.69, 9.17) is 9.47 Å². The highest BCUT2D eigenvalue weighted by Crippen LogP contribution is 2.17. The minimum atomic E-state index is 0. The Morgan fingerprint density at radius 1 is 1.23 bits per heavy atom. The Labute approximate surface area is 174 Å². The number of nitrogens with zero attached hydrogens (tertiary/aromatic N) is 2. The third-order valence-corrected chi connectivity index (χ3v) is 4.59. The number of nitrogens with one attached hydrogen (secondary N) is 2. The van der Waals surface area contributed by atoms with Gasteiger partial charge in [-0.15, -0.1) is 24.0 Å². The summed E-state index contributed by atoms with van der Waals surface area (Å²) in [7, 11) is 3.49. The van der Waals surface area contributed by atoms with Crippen LogP contribution in [0.4, 0.5) is 0 Å². The maximum atomic E-state index is 5.45. The van der Waals surface area contributed by atoms with E-state index in [0.29, 0.717) is 6.54 Å². The van der Waals surface area contributed by atoms with Crippen LogP contribution in [0, 0.1) is 6.92 Å². The van der Waals surface area contributed by atoms with Crippen LogP contribution in [-0.4, -0.2) is 63.4 Å². The number of methoxy groups -OCH3 is 1. The quantitative estimate of drug-likeness (QED) is 0.375. The Morgan fingerprint density at radius 2 is 1.92 bits per heavy atom. The maximum Gasteiger partial charge on any atom is 0.191 e. The highest BCUT2D eigenvalue weighted by atomic mass is 127. The topological polar surface area (TPSA) is 58.1 Å². The molecular weight excluding hydrogens is 443 g/mol. The van der Waals surface area contributed by atoms with Crippen molar-refractivity contribution in [2.45, 2.75) is 32.9 Å². The molecular formula is C19H33IN4O2. The van der Waals surface area contributed by atoms with Gasteiger partial charge in [-0.1, -0.05) is 6.07 Å².